The molecule has 232 valence electrons. The lowest BCUT2D eigenvalue weighted by Gasteiger charge is -2.23. The number of nitrogens with one attached hydrogen (secondary N) is 1. The van der Waals surface area contributed by atoms with Gasteiger partial charge in [0.1, 0.15) is 23.2 Å². The summed E-state index contributed by atoms with van der Waals surface area (Å²) in [5.74, 6) is 1.46. The number of benzene rings is 7. The standard InChI is InChI=1S/C45H31N3O/c1-4-12-30(13-5-1)33-18-10-19-34(26-33)35-20-11-21-36(27-35)37-23-25-41-40(28-37)39-24-22-38(29-42(39)49-41)45-47-43(31-14-6-2-7-15-31)46-44(48-45)32-16-8-3-9-17-32/h1-29,43H,(H,46,47,48). The van der Waals surface area contributed by atoms with Crippen molar-refractivity contribution in [2.45, 2.75) is 6.17 Å². The number of rotatable bonds is 6. The van der Waals surface area contributed by atoms with Crippen LogP contribution in [-0.4, -0.2) is 11.7 Å². The molecule has 0 radical (unpaired) electrons. The maximum Gasteiger partial charge on any atom is 0.159 e. The minimum atomic E-state index is -0.255. The van der Waals surface area contributed by atoms with E-state index in [1.807, 2.05) is 48.5 Å². The summed E-state index contributed by atoms with van der Waals surface area (Å²) in [6.07, 6.45) is -0.255. The summed E-state index contributed by atoms with van der Waals surface area (Å²) >= 11 is 0. The van der Waals surface area contributed by atoms with E-state index in [9.17, 15) is 0 Å². The van der Waals surface area contributed by atoms with E-state index < -0.39 is 0 Å². The molecule has 9 rings (SSSR count). The Morgan fingerprint density at radius 3 is 1.63 bits per heavy atom. The topological polar surface area (TPSA) is 49.9 Å². The Kier molecular flexibility index (Phi) is 7.17. The van der Waals surface area contributed by atoms with Crippen LogP contribution in [-0.2, 0) is 0 Å². The molecule has 8 aromatic rings. The van der Waals surface area contributed by atoms with Gasteiger partial charge in [0.15, 0.2) is 5.84 Å². The molecular weight excluding hydrogens is 599 g/mol. The van der Waals surface area contributed by atoms with E-state index in [4.69, 9.17) is 14.4 Å². The van der Waals surface area contributed by atoms with Gasteiger partial charge in [-0.3, -0.25) is 0 Å². The third-order valence-electron chi connectivity index (χ3n) is 9.13. The molecule has 0 spiro atoms. The van der Waals surface area contributed by atoms with E-state index in [1.165, 1.54) is 22.3 Å². The Bertz CT molecular complexity index is 2510. The first-order chi connectivity index (χ1) is 24.2. The highest BCUT2D eigenvalue weighted by molar-refractivity contribution is 6.15. The molecule has 49 heavy (non-hydrogen) atoms. The fourth-order valence-corrected chi connectivity index (χ4v) is 6.61. The average Bonchev–Trinajstić information content (AvgIpc) is 3.56. The molecular formula is C45H31N3O. The predicted molar refractivity (Wildman–Crippen MR) is 202 cm³/mol. The number of aliphatic imine (C=N–C) groups is 2. The second kappa shape index (κ2) is 12.3. The number of fused-ring (bicyclic) bond motifs is 3. The Hall–Kier alpha value is -6.52. The molecule has 0 bridgehead atoms. The lowest BCUT2D eigenvalue weighted by Crippen LogP contribution is -2.33. The van der Waals surface area contributed by atoms with E-state index in [1.54, 1.807) is 0 Å². The number of hydrogen-bond acceptors (Lipinski definition) is 4. The highest BCUT2D eigenvalue weighted by Crippen LogP contribution is 2.35. The van der Waals surface area contributed by atoms with Crippen LogP contribution in [0, 0.1) is 0 Å². The SMILES string of the molecule is c1ccc(C2=NC(c3ccccc3)NC(c3ccc4c(c3)oc3ccc(-c5cccc(-c6cccc(-c7ccccc7)c6)c5)cc34)=N2)cc1. The fourth-order valence-electron chi connectivity index (χ4n) is 6.61. The maximum absolute atomic E-state index is 6.43. The van der Waals surface area contributed by atoms with Crippen molar-refractivity contribution in [1.29, 1.82) is 0 Å². The normalized spacial score (nSPS) is 14.3. The van der Waals surface area contributed by atoms with Crippen LogP contribution in [0.2, 0.25) is 0 Å². The molecule has 1 aromatic heterocycles. The molecule has 7 aromatic carbocycles. The minimum Gasteiger partial charge on any atom is -0.456 e. The Morgan fingerprint density at radius 1 is 0.408 bits per heavy atom. The Morgan fingerprint density at radius 2 is 0.959 bits per heavy atom. The monoisotopic (exact) mass is 629 g/mol. The van der Waals surface area contributed by atoms with Crippen molar-refractivity contribution in [3.05, 3.63) is 193 Å². The van der Waals surface area contributed by atoms with Gasteiger partial charge in [0.05, 0.1) is 0 Å². The van der Waals surface area contributed by atoms with Crippen LogP contribution in [0.15, 0.2) is 190 Å². The number of furan rings is 1. The first-order valence-electron chi connectivity index (χ1n) is 16.5. The number of amidine groups is 2. The zero-order valence-corrected chi connectivity index (χ0v) is 26.6. The smallest absolute Gasteiger partial charge is 0.159 e. The van der Waals surface area contributed by atoms with Crippen molar-refractivity contribution in [2.75, 3.05) is 0 Å². The van der Waals surface area contributed by atoms with Crippen molar-refractivity contribution in [3.63, 3.8) is 0 Å². The van der Waals surface area contributed by atoms with Crippen molar-refractivity contribution < 1.29 is 4.42 Å². The average molecular weight is 630 g/mol. The largest absolute Gasteiger partial charge is 0.456 e. The molecule has 1 unspecified atom stereocenters. The zero-order chi connectivity index (χ0) is 32.6. The van der Waals surface area contributed by atoms with Gasteiger partial charge in [-0.05, 0) is 75.3 Å². The third kappa shape index (κ3) is 5.60. The van der Waals surface area contributed by atoms with Crippen molar-refractivity contribution >= 4 is 33.6 Å². The Balaban J connectivity index is 1.06. The summed E-state index contributed by atoms with van der Waals surface area (Å²) in [4.78, 5) is 9.95. The van der Waals surface area contributed by atoms with Gasteiger partial charge in [-0.25, -0.2) is 9.98 Å². The zero-order valence-electron chi connectivity index (χ0n) is 26.6. The van der Waals surface area contributed by atoms with E-state index >= 15 is 0 Å². The van der Waals surface area contributed by atoms with Crippen molar-refractivity contribution in [2.24, 2.45) is 9.98 Å². The van der Waals surface area contributed by atoms with Gasteiger partial charge in [-0.15, -0.1) is 0 Å². The molecule has 0 amide bonds. The van der Waals surface area contributed by atoms with Gasteiger partial charge in [0.25, 0.3) is 0 Å². The maximum atomic E-state index is 6.43. The van der Waals surface area contributed by atoms with E-state index in [-0.39, 0.29) is 6.17 Å². The van der Waals surface area contributed by atoms with Crippen molar-refractivity contribution in [1.82, 2.24) is 5.32 Å². The van der Waals surface area contributed by atoms with Crippen molar-refractivity contribution in [3.8, 4) is 33.4 Å². The summed E-state index contributed by atoms with van der Waals surface area (Å²) in [6.45, 7) is 0. The molecule has 4 heteroatoms. The summed E-state index contributed by atoms with van der Waals surface area (Å²) in [5, 5.41) is 5.72. The van der Waals surface area contributed by atoms with Crippen LogP contribution < -0.4 is 5.32 Å². The number of nitrogens with zero attached hydrogens (tertiary/aromatic N) is 2. The quantitative estimate of drug-likeness (QED) is 0.199. The molecule has 4 nitrogen and oxygen atoms in total. The van der Waals surface area contributed by atoms with E-state index in [0.717, 1.165) is 55.6 Å². The van der Waals surface area contributed by atoms with Gasteiger partial charge in [-0.1, -0.05) is 140 Å². The first kappa shape index (κ1) is 28.7. The summed E-state index contributed by atoms with van der Waals surface area (Å²) in [7, 11) is 0. The summed E-state index contributed by atoms with van der Waals surface area (Å²) in [6, 6.07) is 61.2. The molecule has 1 atom stereocenters. The lowest BCUT2D eigenvalue weighted by atomic mass is 9.96. The lowest BCUT2D eigenvalue weighted by molar-refractivity contribution is 0.666. The molecule has 0 saturated heterocycles. The van der Waals surface area contributed by atoms with Crippen LogP contribution in [0.4, 0.5) is 0 Å². The molecule has 1 aliphatic heterocycles. The van der Waals surface area contributed by atoms with Gasteiger partial charge in [0.2, 0.25) is 0 Å². The predicted octanol–water partition coefficient (Wildman–Crippen LogP) is 11.1. The van der Waals surface area contributed by atoms with Crippen LogP contribution in [0.3, 0.4) is 0 Å². The summed E-state index contributed by atoms with van der Waals surface area (Å²) < 4.78 is 6.43. The molecule has 0 saturated carbocycles. The highest BCUT2D eigenvalue weighted by Gasteiger charge is 2.22. The second-order valence-electron chi connectivity index (χ2n) is 12.3. The van der Waals surface area contributed by atoms with Gasteiger partial charge < -0.3 is 9.73 Å². The molecule has 1 aliphatic rings. The molecule has 1 N–H and O–H groups in total. The first-order valence-corrected chi connectivity index (χ1v) is 16.5. The Labute approximate surface area is 284 Å². The second-order valence-corrected chi connectivity index (χ2v) is 12.3. The van der Waals surface area contributed by atoms with Crippen LogP contribution in [0.5, 0.6) is 0 Å². The van der Waals surface area contributed by atoms with Gasteiger partial charge >= 0.3 is 0 Å². The van der Waals surface area contributed by atoms with Gasteiger partial charge in [0, 0.05) is 21.9 Å². The number of hydrogen-bond donors (Lipinski definition) is 1. The highest BCUT2D eigenvalue weighted by atomic mass is 16.3. The fraction of sp³-hybridized carbons (Fsp3) is 0.0222. The van der Waals surface area contributed by atoms with Crippen LogP contribution >= 0.6 is 0 Å². The molecule has 0 fully saturated rings. The van der Waals surface area contributed by atoms with Crippen LogP contribution in [0.25, 0.3) is 55.3 Å². The summed E-state index contributed by atoms with van der Waals surface area (Å²) in [5.41, 5.74) is 11.8. The van der Waals surface area contributed by atoms with Crippen LogP contribution in [0.1, 0.15) is 22.9 Å². The van der Waals surface area contributed by atoms with Gasteiger partial charge in [-0.2, -0.15) is 0 Å². The van der Waals surface area contributed by atoms with E-state index in [2.05, 4.69) is 133 Å². The van der Waals surface area contributed by atoms with E-state index in [0.29, 0.717) is 5.84 Å². The molecule has 2 heterocycles. The minimum absolute atomic E-state index is 0.255. The third-order valence-corrected chi connectivity index (χ3v) is 9.13. The molecule has 0 aliphatic carbocycles.